The Labute approximate surface area is 160 Å². The van der Waals surface area contributed by atoms with Gasteiger partial charge in [-0.15, -0.1) is 0 Å². The number of fused-ring (bicyclic) bond motifs is 3. The van der Waals surface area contributed by atoms with Crippen molar-refractivity contribution in [2.24, 2.45) is 23.7 Å². The van der Waals surface area contributed by atoms with Gasteiger partial charge in [-0.05, 0) is 92.9 Å². The second kappa shape index (κ2) is 8.31. The number of carbonyl (C=O) groups excluding carboxylic acids is 2. The third-order valence-electron chi connectivity index (χ3n) is 6.52. The smallest absolute Gasteiger partial charge is 0.227 e. The van der Waals surface area contributed by atoms with Crippen molar-refractivity contribution in [3.05, 3.63) is 0 Å². The molecule has 0 spiro atoms. The third kappa shape index (κ3) is 3.94. The van der Waals surface area contributed by atoms with E-state index in [1.54, 1.807) is 0 Å². The molecule has 2 bridgehead atoms. The summed E-state index contributed by atoms with van der Waals surface area (Å²) in [5, 5.41) is 0. The molecule has 0 radical (unpaired) electrons. The molecule has 0 unspecified atom stereocenters. The van der Waals surface area contributed by atoms with E-state index in [4.69, 9.17) is 0 Å². The van der Waals surface area contributed by atoms with Gasteiger partial charge in [0.1, 0.15) is 0 Å². The number of nitrogens with zero attached hydrogens (tertiary/aromatic N) is 2. The summed E-state index contributed by atoms with van der Waals surface area (Å²) in [6.07, 6.45) is 4.44. The highest BCUT2D eigenvalue weighted by Gasteiger charge is 2.52. The first kappa shape index (κ1) is 21.2. The first-order chi connectivity index (χ1) is 12.1. The quantitative estimate of drug-likeness (QED) is 0.704. The molecule has 0 aromatic carbocycles. The van der Waals surface area contributed by atoms with E-state index < -0.39 is 0 Å². The average molecular weight is 365 g/mol. The summed E-state index contributed by atoms with van der Waals surface area (Å²) in [5.41, 5.74) is 0. The second-order valence-corrected chi connectivity index (χ2v) is 9.59. The van der Waals surface area contributed by atoms with Gasteiger partial charge in [-0.25, -0.2) is 0 Å². The molecule has 0 aromatic rings. The zero-order valence-corrected chi connectivity index (χ0v) is 18.2. The van der Waals surface area contributed by atoms with Crippen molar-refractivity contribution in [1.82, 2.24) is 9.80 Å². The van der Waals surface area contributed by atoms with E-state index in [0.717, 1.165) is 25.7 Å². The van der Waals surface area contributed by atoms with E-state index in [-0.39, 0.29) is 47.8 Å². The van der Waals surface area contributed by atoms with Gasteiger partial charge >= 0.3 is 0 Å². The van der Waals surface area contributed by atoms with E-state index in [1.807, 2.05) is 9.80 Å². The van der Waals surface area contributed by atoms with E-state index in [0.29, 0.717) is 11.8 Å². The fraction of sp³-hybridized carbons (Fsp3) is 0.909. The Morgan fingerprint density at radius 2 is 0.808 bits per heavy atom. The molecule has 3 fully saturated rings. The van der Waals surface area contributed by atoms with Crippen LogP contribution in [-0.4, -0.2) is 45.8 Å². The lowest BCUT2D eigenvalue weighted by Crippen LogP contribution is -2.58. The zero-order valence-electron chi connectivity index (χ0n) is 18.2. The lowest BCUT2D eigenvalue weighted by molar-refractivity contribution is -0.162. The highest BCUT2D eigenvalue weighted by atomic mass is 16.2. The molecule has 0 saturated heterocycles. The average Bonchev–Trinajstić information content (AvgIpc) is 2.53. The molecule has 0 heterocycles. The highest BCUT2D eigenvalue weighted by molar-refractivity contribution is 5.89. The standard InChI is InChI=1S/C22H40N2O2/c1-13(2)23(14(3)4)21(25)19-17-9-11-18(12-10-17)20(19)22(26)24(15(5)6)16(7)8/h13-20H,9-12H2,1-8H3/t17?,18?,19-,20-/m0/s1. The van der Waals surface area contributed by atoms with Crippen molar-refractivity contribution in [3.8, 4) is 0 Å². The molecule has 3 saturated carbocycles. The van der Waals surface area contributed by atoms with Gasteiger partial charge < -0.3 is 9.80 Å². The van der Waals surface area contributed by atoms with Gasteiger partial charge in [-0.1, -0.05) is 0 Å². The van der Waals surface area contributed by atoms with E-state index in [2.05, 4.69) is 55.4 Å². The van der Waals surface area contributed by atoms with Gasteiger partial charge in [-0.3, -0.25) is 9.59 Å². The SMILES string of the molecule is CC(C)N(C(=O)[C@H]1C2CCC(CC2)[C@@H]1C(=O)N(C(C)C)C(C)C)C(C)C. The molecule has 4 nitrogen and oxygen atoms in total. The van der Waals surface area contributed by atoms with Crippen LogP contribution in [0, 0.1) is 23.7 Å². The summed E-state index contributed by atoms with van der Waals surface area (Å²) in [4.78, 5) is 31.2. The predicted octanol–water partition coefficient (Wildman–Crippen LogP) is 4.33. The molecule has 3 aliphatic rings. The molecule has 3 aliphatic carbocycles. The van der Waals surface area contributed by atoms with E-state index >= 15 is 0 Å². The minimum atomic E-state index is -0.125. The van der Waals surface area contributed by atoms with Crippen LogP contribution in [0.25, 0.3) is 0 Å². The lowest BCUT2D eigenvalue weighted by Gasteiger charge is -2.51. The number of carbonyl (C=O) groups is 2. The molecule has 26 heavy (non-hydrogen) atoms. The first-order valence-electron chi connectivity index (χ1n) is 10.7. The fourth-order valence-electron chi connectivity index (χ4n) is 5.71. The van der Waals surface area contributed by atoms with Gasteiger partial charge in [0.2, 0.25) is 11.8 Å². The maximum atomic E-state index is 13.6. The molecule has 0 aliphatic heterocycles. The van der Waals surface area contributed by atoms with Gasteiger partial charge in [0, 0.05) is 24.2 Å². The Bertz CT molecular complexity index is 442. The van der Waals surface area contributed by atoms with Crippen molar-refractivity contribution in [2.75, 3.05) is 0 Å². The number of rotatable bonds is 6. The Kier molecular flexibility index (Phi) is 6.79. The van der Waals surface area contributed by atoms with Gasteiger partial charge in [0.15, 0.2) is 0 Å². The summed E-state index contributed by atoms with van der Waals surface area (Å²) in [6, 6.07) is 0.685. The third-order valence-corrected chi connectivity index (χ3v) is 6.52. The molecule has 150 valence electrons. The van der Waals surface area contributed by atoms with Crippen LogP contribution in [0.3, 0.4) is 0 Å². The Balaban J connectivity index is 2.38. The number of hydrogen-bond donors (Lipinski definition) is 0. The molecule has 2 amide bonds. The Hall–Kier alpha value is -1.06. The predicted molar refractivity (Wildman–Crippen MR) is 107 cm³/mol. The summed E-state index contributed by atoms with van der Waals surface area (Å²) < 4.78 is 0. The normalized spacial score (nSPS) is 28.3. The Morgan fingerprint density at radius 1 is 0.577 bits per heavy atom. The first-order valence-corrected chi connectivity index (χ1v) is 10.7. The van der Waals surface area contributed by atoms with Crippen molar-refractivity contribution < 1.29 is 9.59 Å². The summed E-state index contributed by atoms with van der Waals surface area (Å²) in [7, 11) is 0. The van der Waals surface area contributed by atoms with Gasteiger partial charge in [0.05, 0.1) is 11.8 Å². The van der Waals surface area contributed by atoms with Crippen molar-refractivity contribution in [1.29, 1.82) is 0 Å². The van der Waals surface area contributed by atoms with Crippen LogP contribution in [0.2, 0.25) is 0 Å². The monoisotopic (exact) mass is 364 g/mol. The topological polar surface area (TPSA) is 40.6 Å². The molecule has 0 N–H and O–H groups in total. The van der Waals surface area contributed by atoms with Gasteiger partial charge in [-0.2, -0.15) is 0 Å². The van der Waals surface area contributed by atoms with Crippen LogP contribution in [0.1, 0.15) is 81.1 Å². The molecular formula is C22H40N2O2. The molecular weight excluding hydrogens is 324 g/mol. The van der Waals surface area contributed by atoms with Crippen molar-refractivity contribution >= 4 is 11.8 Å². The maximum Gasteiger partial charge on any atom is 0.227 e. The Morgan fingerprint density at radius 3 is 1.00 bits per heavy atom. The van der Waals surface area contributed by atoms with Crippen LogP contribution >= 0.6 is 0 Å². The highest BCUT2D eigenvalue weighted by Crippen LogP contribution is 2.50. The van der Waals surface area contributed by atoms with E-state index in [9.17, 15) is 9.59 Å². The fourth-order valence-corrected chi connectivity index (χ4v) is 5.71. The zero-order chi connectivity index (χ0) is 19.8. The van der Waals surface area contributed by atoms with Crippen LogP contribution in [0.5, 0.6) is 0 Å². The van der Waals surface area contributed by atoms with Crippen LogP contribution in [-0.2, 0) is 9.59 Å². The van der Waals surface area contributed by atoms with E-state index in [1.165, 1.54) is 0 Å². The van der Waals surface area contributed by atoms with Crippen LogP contribution in [0.4, 0.5) is 0 Å². The minimum absolute atomic E-state index is 0.125. The largest absolute Gasteiger partial charge is 0.338 e. The summed E-state index contributed by atoms with van der Waals surface area (Å²) in [6.45, 7) is 16.7. The number of amides is 2. The second-order valence-electron chi connectivity index (χ2n) is 9.59. The molecule has 3 rings (SSSR count). The maximum absolute atomic E-state index is 13.6. The van der Waals surface area contributed by atoms with Crippen molar-refractivity contribution in [2.45, 2.75) is 105 Å². The number of hydrogen-bond acceptors (Lipinski definition) is 2. The van der Waals surface area contributed by atoms with Crippen LogP contribution < -0.4 is 0 Å². The molecule has 4 heteroatoms. The summed E-state index contributed by atoms with van der Waals surface area (Å²) in [5.74, 6) is 0.940. The van der Waals surface area contributed by atoms with Gasteiger partial charge in [0.25, 0.3) is 0 Å². The summed E-state index contributed by atoms with van der Waals surface area (Å²) >= 11 is 0. The molecule has 0 aromatic heterocycles. The molecule has 2 atom stereocenters. The lowest BCUT2D eigenvalue weighted by atomic mass is 9.57. The minimum Gasteiger partial charge on any atom is -0.338 e. The van der Waals surface area contributed by atoms with Crippen LogP contribution in [0.15, 0.2) is 0 Å². The van der Waals surface area contributed by atoms with Crippen molar-refractivity contribution in [3.63, 3.8) is 0 Å².